The highest BCUT2D eigenvalue weighted by molar-refractivity contribution is 7.07. The molecule has 0 atom stereocenters. The van der Waals surface area contributed by atoms with E-state index in [9.17, 15) is 0 Å². The van der Waals surface area contributed by atoms with Gasteiger partial charge in [0.15, 0.2) is 0 Å². The molecule has 1 aliphatic heterocycles. The van der Waals surface area contributed by atoms with Gasteiger partial charge in [-0.05, 0) is 25.9 Å². The van der Waals surface area contributed by atoms with Gasteiger partial charge in [-0.15, -0.1) is 11.3 Å². The molecule has 59 valence electrons. The fourth-order valence-electron chi connectivity index (χ4n) is 1.37. The molecule has 1 fully saturated rings. The van der Waals surface area contributed by atoms with Crippen molar-refractivity contribution in [3.05, 3.63) is 22.5 Å². The molecule has 2 heterocycles. The zero-order valence-corrected chi connectivity index (χ0v) is 7.16. The van der Waals surface area contributed by atoms with E-state index in [1.807, 2.05) is 5.51 Å². The summed E-state index contributed by atoms with van der Waals surface area (Å²) in [6.45, 7) is 2.24. The molecule has 0 aromatic carbocycles. The van der Waals surface area contributed by atoms with Crippen molar-refractivity contribution in [2.75, 3.05) is 13.1 Å². The summed E-state index contributed by atoms with van der Waals surface area (Å²) in [6.07, 6.45) is 2.34. The molecule has 0 saturated carbocycles. The third-order valence-electron chi connectivity index (χ3n) is 2.00. The van der Waals surface area contributed by atoms with Crippen LogP contribution in [0.1, 0.15) is 18.5 Å². The van der Waals surface area contributed by atoms with Gasteiger partial charge >= 0.3 is 0 Å². The summed E-state index contributed by atoms with van der Waals surface area (Å²) in [5, 5.41) is 5.47. The van der Waals surface area contributed by atoms with Gasteiger partial charge in [-0.1, -0.05) is 0 Å². The first-order valence-corrected chi connectivity index (χ1v) is 4.85. The predicted octanol–water partition coefficient (Wildman–Crippen LogP) is 1.45. The number of hydrogen-bond acceptors (Lipinski definition) is 3. The summed E-state index contributed by atoms with van der Waals surface area (Å²) in [6, 6.07) is 0. The maximum atomic E-state index is 4.29. The van der Waals surface area contributed by atoms with Crippen molar-refractivity contribution in [1.82, 2.24) is 10.3 Å². The van der Waals surface area contributed by atoms with E-state index >= 15 is 0 Å². The van der Waals surface area contributed by atoms with E-state index in [-0.39, 0.29) is 0 Å². The number of aromatic nitrogens is 1. The smallest absolute Gasteiger partial charge is 0.0794 e. The molecule has 1 radical (unpaired) electrons. The molecular weight excluding hydrogens is 156 g/mol. The molecule has 1 aromatic rings. The maximum absolute atomic E-state index is 4.29. The third kappa shape index (κ3) is 1.60. The zero-order valence-electron chi connectivity index (χ0n) is 6.34. The van der Waals surface area contributed by atoms with Crippen LogP contribution in [0.4, 0.5) is 0 Å². The van der Waals surface area contributed by atoms with Gasteiger partial charge in [0.25, 0.3) is 0 Å². The lowest BCUT2D eigenvalue weighted by Gasteiger charge is -2.19. The van der Waals surface area contributed by atoms with Gasteiger partial charge in [-0.2, -0.15) is 0 Å². The Morgan fingerprint density at radius 2 is 2.18 bits per heavy atom. The first-order chi connectivity index (χ1) is 5.47. The molecule has 0 amide bonds. The van der Waals surface area contributed by atoms with Crippen LogP contribution in [0.25, 0.3) is 0 Å². The maximum Gasteiger partial charge on any atom is 0.0794 e. The highest BCUT2D eigenvalue weighted by atomic mass is 32.1. The molecule has 11 heavy (non-hydrogen) atoms. The summed E-state index contributed by atoms with van der Waals surface area (Å²) < 4.78 is 0. The van der Waals surface area contributed by atoms with E-state index in [0.717, 1.165) is 13.1 Å². The summed E-state index contributed by atoms with van der Waals surface area (Å²) in [4.78, 5) is 4.29. The van der Waals surface area contributed by atoms with Crippen LogP contribution >= 0.6 is 11.3 Å². The highest BCUT2D eigenvalue weighted by Gasteiger charge is 2.16. The lowest BCUT2D eigenvalue weighted by Crippen LogP contribution is -2.27. The van der Waals surface area contributed by atoms with E-state index < -0.39 is 0 Å². The molecule has 0 unspecified atom stereocenters. The normalized spacial score (nSPS) is 20.4. The van der Waals surface area contributed by atoms with Gasteiger partial charge in [0.2, 0.25) is 0 Å². The topological polar surface area (TPSA) is 24.9 Å². The number of nitrogens with one attached hydrogen (secondary N) is 1. The van der Waals surface area contributed by atoms with Gasteiger partial charge < -0.3 is 5.32 Å². The quantitative estimate of drug-likeness (QED) is 0.684. The zero-order chi connectivity index (χ0) is 7.52. The summed E-state index contributed by atoms with van der Waals surface area (Å²) in [5.74, 6) is 1.52. The van der Waals surface area contributed by atoms with Crippen molar-refractivity contribution in [2.24, 2.45) is 0 Å². The van der Waals surface area contributed by atoms with Gasteiger partial charge in [0, 0.05) is 11.3 Å². The van der Waals surface area contributed by atoms with Gasteiger partial charge in [0.05, 0.1) is 11.2 Å². The van der Waals surface area contributed by atoms with Crippen LogP contribution in [0, 0.1) is 5.92 Å². The lowest BCUT2D eigenvalue weighted by atomic mass is 9.96. The van der Waals surface area contributed by atoms with Crippen LogP contribution in [-0.4, -0.2) is 18.1 Å². The third-order valence-corrected chi connectivity index (χ3v) is 2.59. The fraction of sp³-hybridized carbons (Fsp3) is 0.500. The standard InChI is InChI=1S/C8H11N2S/c1-3-9-4-2-7(1)8-5-11-6-10-8/h5-6,9H,1-4H2. The van der Waals surface area contributed by atoms with E-state index in [2.05, 4.69) is 15.7 Å². The molecule has 1 aliphatic rings. The van der Waals surface area contributed by atoms with Gasteiger partial charge in [-0.25, -0.2) is 4.98 Å². The second kappa shape index (κ2) is 3.32. The molecule has 0 spiro atoms. The van der Waals surface area contributed by atoms with Crippen molar-refractivity contribution in [2.45, 2.75) is 12.8 Å². The Hall–Kier alpha value is -0.410. The Bertz CT molecular complexity index is 202. The van der Waals surface area contributed by atoms with E-state index in [4.69, 9.17) is 0 Å². The summed E-state index contributed by atoms with van der Waals surface area (Å²) in [5.41, 5.74) is 3.13. The number of piperidine rings is 1. The lowest BCUT2D eigenvalue weighted by molar-refractivity contribution is 0.561. The van der Waals surface area contributed by atoms with E-state index in [1.54, 1.807) is 11.3 Å². The van der Waals surface area contributed by atoms with Crippen molar-refractivity contribution in [1.29, 1.82) is 0 Å². The van der Waals surface area contributed by atoms with Gasteiger partial charge in [0.1, 0.15) is 0 Å². The number of nitrogens with zero attached hydrogens (tertiary/aromatic N) is 1. The molecule has 3 heteroatoms. The largest absolute Gasteiger partial charge is 0.317 e. The average molecular weight is 167 g/mol. The Labute approximate surface area is 70.7 Å². The van der Waals surface area contributed by atoms with E-state index in [1.165, 1.54) is 24.5 Å². The molecule has 2 rings (SSSR count). The Kier molecular flexibility index (Phi) is 2.19. The molecule has 0 bridgehead atoms. The number of thiazole rings is 1. The molecule has 1 N–H and O–H groups in total. The van der Waals surface area contributed by atoms with E-state index in [0.29, 0.717) is 0 Å². The van der Waals surface area contributed by atoms with Crippen LogP contribution in [0.3, 0.4) is 0 Å². The SMILES string of the molecule is c1nc([C]2CCNCC2)cs1. The van der Waals surface area contributed by atoms with Crippen LogP contribution in [0.5, 0.6) is 0 Å². The first-order valence-electron chi connectivity index (χ1n) is 3.91. The molecule has 1 aromatic heterocycles. The Balaban J connectivity index is 2.04. The van der Waals surface area contributed by atoms with Crippen LogP contribution in [0.15, 0.2) is 10.9 Å². The number of hydrogen-bond donors (Lipinski definition) is 1. The van der Waals surface area contributed by atoms with Crippen molar-refractivity contribution in [3.63, 3.8) is 0 Å². The average Bonchev–Trinajstić information content (AvgIpc) is 2.58. The minimum absolute atomic E-state index is 1.12. The predicted molar refractivity (Wildman–Crippen MR) is 46.6 cm³/mol. The second-order valence-electron chi connectivity index (χ2n) is 2.73. The number of rotatable bonds is 1. The summed E-state index contributed by atoms with van der Waals surface area (Å²) >= 11 is 1.68. The molecule has 0 aliphatic carbocycles. The van der Waals surface area contributed by atoms with Gasteiger partial charge in [-0.3, -0.25) is 0 Å². The minimum atomic E-state index is 1.12. The fourth-order valence-corrected chi connectivity index (χ4v) is 1.96. The second-order valence-corrected chi connectivity index (χ2v) is 3.45. The summed E-state index contributed by atoms with van der Waals surface area (Å²) in [7, 11) is 0. The first kappa shape index (κ1) is 7.25. The molecular formula is C8H11N2S. The minimum Gasteiger partial charge on any atom is -0.317 e. The van der Waals surface area contributed by atoms with Crippen molar-refractivity contribution in [3.8, 4) is 0 Å². The van der Waals surface area contributed by atoms with Crippen molar-refractivity contribution >= 4 is 11.3 Å². The Morgan fingerprint density at radius 1 is 1.36 bits per heavy atom. The highest BCUT2D eigenvalue weighted by Crippen LogP contribution is 2.23. The molecule has 2 nitrogen and oxygen atoms in total. The van der Waals surface area contributed by atoms with Crippen LogP contribution in [-0.2, 0) is 0 Å². The Morgan fingerprint density at radius 3 is 2.82 bits per heavy atom. The molecule has 1 saturated heterocycles. The van der Waals surface area contributed by atoms with Crippen LogP contribution < -0.4 is 5.32 Å². The van der Waals surface area contributed by atoms with Crippen LogP contribution in [0.2, 0.25) is 0 Å². The monoisotopic (exact) mass is 167 g/mol. The van der Waals surface area contributed by atoms with Crippen molar-refractivity contribution < 1.29 is 0 Å².